The van der Waals surface area contributed by atoms with Crippen LogP contribution in [0.4, 0.5) is 0 Å². The summed E-state index contributed by atoms with van der Waals surface area (Å²) >= 11 is 1.53. The first kappa shape index (κ1) is 32.7. The fourth-order valence-electron chi connectivity index (χ4n) is 3.49. The average Bonchev–Trinajstić information content (AvgIpc) is 2.87. The minimum atomic E-state index is -1.37. The number of phenolic OH excluding ortho intramolecular Hbond substituents is 1. The van der Waals surface area contributed by atoms with E-state index >= 15 is 0 Å². The van der Waals surface area contributed by atoms with Crippen LogP contribution in [0, 0.1) is 5.92 Å². The topological polar surface area (TPSA) is 214 Å². The molecule has 0 aliphatic carbocycles. The first-order valence-corrected chi connectivity index (χ1v) is 13.7. The molecular weight excluding hydrogens is 514 g/mol. The molecule has 0 bridgehead atoms. The van der Waals surface area contributed by atoms with Crippen molar-refractivity contribution in [2.75, 3.05) is 12.0 Å². The molecule has 0 aromatic heterocycles. The van der Waals surface area contributed by atoms with Crippen molar-refractivity contribution in [1.82, 2.24) is 16.0 Å². The van der Waals surface area contributed by atoms with Gasteiger partial charge in [-0.25, -0.2) is 4.79 Å². The van der Waals surface area contributed by atoms with Gasteiger partial charge in [-0.2, -0.15) is 11.8 Å². The summed E-state index contributed by atoms with van der Waals surface area (Å²) < 4.78 is 0. The first-order chi connectivity index (χ1) is 17.9. The molecule has 0 fully saturated rings. The van der Waals surface area contributed by atoms with Gasteiger partial charge in [0.25, 0.3) is 0 Å². The van der Waals surface area contributed by atoms with Gasteiger partial charge in [0, 0.05) is 12.8 Å². The molecule has 5 unspecified atom stereocenters. The lowest BCUT2D eigenvalue weighted by atomic mass is 9.96. The number of hydrogen-bond donors (Lipinski definition) is 7. The summed E-state index contributed by atoms with van der Waals surface area (Å²) in [6.45, 7) is 3.52. The molecule has 1 aromatic rings. The van der Waals surface area contributed by atoms with Crippen LogP contribution in [0.1, 0.15) is 45.1 Å². The van der Waals surface area contributed by atoms with Gasteiger partial charge < -0.3 is 37.6 Å². The lowest BCUT2D eigenvalue weighted by Crippen LogP contribution is -2.59. The molecule has 12 nitrogen and oxygen atoms in total. The highest BCUT2D eigenvalue weighted by Crippen LogP contribution is 2.14. The van der Waals surface area contributed by atoms with Crippen molar-refractivity contribution in [3.63, 3.8) is 0 Å². The van der Waals surface area contributed by atoms with Gasteiger partial charge in [-0.15, -0.1) is 0 Å². The third-order valence-corrected chi connectivity index (χ3v) is 6.71. The smallest absolute Gasteiger partial charge is 0.326 e. The number of carboxylic acid groups (broad SMARTS) is 1. The number of aromatic hydroxyl groups is 1. The molecule has 0 aliphatic rings. The molecule has 5 atom stereocenters. The quantitative estimate of drug-likeness (QED) is 0.137. The Morgan fingerprint density at radius 1 is 0.947 bits per heavy atom. The second kappa shape index (κ2) is 16.5. The number of thioether (sulfide) groups is 1. The van der Waals surface area contributed by atoms with E-state index in [1.807, 2.05) is 6.26 Å². The fraction of sp³-hybridized carbons (Fsp3) is 0.560. The second-order valence-electron chi connectivity index (χ2n) is 9.10. The molecule has 0 saturated heterocycles. The summed E-state index contributed by atoms with van der Waals surface area (Å²) in [6.07, 6.45) is 2.37. The van der Waals surface area contributed by atoms with Gasteiger partial charge in [-0.3, -0.25) is 19.2 Å². The van der Waals surface area contributed by atoms with E-state index in [4.69, 9.17) is 11.5 Å². The largest absolute Gasteiger partial charge is 0.508 e. The van der Waals surface area contributed by atoms with Gasteiger partial charge >= 0.3 is 5.97 Å². The Morgan fingerprint density at radius 2 is 1.55 bits per heavy atom. The average molecular weight is 554 g/mol. The first-order valence-electron chi connectivity index (χ1n) is 12.3. The molecule has 1 rings (SSSR count). The van der Waals surface area contributed by atoms with Crippen molar-refractivity contribution in [2.24, 2.45) is 17.4 Å². The van der Waals surface area contributed by atoms with Gasteiger partial charge in [0.1, 0.15) is 23.9 Å². The van der Waals surface area contributed by atoms with Crippen LogP contribution in [0.5, 0.6) is 5.75 Å². The minimum Gasteiger partial charge on any atom is -0.508 e. The lowest BCUT2D eigenvalue weighted by molar-refractivity contribution is -0.143. The maximum Gasteiger partial charge on any atom is 0.326 e. The van der Waals surface area contributed by atoms with Crippen LogP contribution in [0.25, 0.3) is 0 Å². The molecule has 0 saturated carbocycles. The summed E-state index contributed by atoms with van der Waals surface area (Å²) in [5.74, 6) is -3.68. The highest BCUT2D eigenvalue weighted by atomic mass is 32.2. The number of aliphatic carboxylic acids is 1. The van der Waals surface area contributed by atoms with Gasteiger partial charge in [0.15, 0.2) is 0 Å². The molecule has 0 radical (unpaired) electrons. The van der Waals surface area contributed by atoms with Crippen molar-refractivity contribution in [1.29, 1.82) is 0 Å². The molecule has 0 heterocycles. The Morgan fingerprint density at radius 3 is 2.08 bits per heavy atom. The SMILES string of the molecule is CCC(C)C(NC(=O)C(Cc1ccc(O)cc1)NC(=O)C(N)CCSC)C(=O)NC(CCC(N)=O)C(=O)O. The Labute approximate surface area is 226 Å². The van der Waals surface area contributed by atoms with E-state index in [1.165, 1.54) is 23.9 Å². The van der Waals surface area contributed by atoms with Crippen molar-refractivity contribution in [3.05, 3.63) is 29.8 Å². The molecule has 9 N–H and O–H groups in total. The van der Waals surface area contributed by atoms with E-state index in [1.54, 1.807) is 26.0 Å². The highest BCUT2D eigenvalue weighted by molar-refractivity contribution is 7.98. The summed E-state index contributed by atoms with van der Waals surface area (Å²) in [6, 6.07) is 1.67. The maximum atomic E-state index is 13.4. The number of carbonyl (C=O) groups excluding carboxylic acids is 4. The predicted molar refractivity (Wildman–Crippen MR) is 144 cm³/mol. The third kappa shape index (κ3) is 11.4. The lowest BCUT2D eigenvalue weighted by Gasteiger charge is -2.28. The number of carboxylic acids is 1. The molecular formula is C25H39N5O7S. The van der Waals surface area contributed by atoms with Crippen LogP contribution >= 0.6 is 11.8 Å². The minimum absolute atomic E-state index is 0.0377. The number of phenols is 1. The van der Waals surface area contributed by atoms with E-state index in [2.05, 4.69) is 16.0 Å². The Bertz CT molecular complexity index is 960. The normalized spacial score (nSPS) is 14.8. The Kier molecular flexibility index (Phi) is 14.2. The predicted octanol–water partition coefficient (Wildman–Crippen LogP) is -0.134. The number of amides is 4. The van der Waals surface area contributed by atoms with E-state index < -0.39 is 59.7 Å². The summed E-state index contributed by atoms with van der Waals surface area (Å²) in [7, 11) is 0. The van der Waals surface area contributed by atoms with Gasteiger partial charge in [0.2, 0.25) is 23.6 Å². The van der Waals surface area contributed by atoms with E-state index in [9.17, 15) is 34.2 Å². The number of rotatable bonds is 17. The van der Waals surface area contributed by atoms with Crippen LogP contribution in [-0.4, -0.2) is 76.0 Å². The standard InChI is InChI=1S/C25H39N5O7S/c1-4-14(2)21(24(35)28-18(25(36)37)9-10-20(27)32)30-23(34)19(13-15-5-7-16(31)8-6-15)29-22(33)17(26)11-12-38-3/h5-8,14,17-19,21,31H,4,9-13,26H2,1-3H3,(H2,27,32)(H,28,35)(H,29,33)(H,30,34)(H,36,37). The van der Waals surface area contributed by atoms with Gasteiger partial charge in [-0.1, -0.05) is 32.4 Å². The van der Waals surface area contributed by atoms with Crippen molar-refractivity contribution >= 4 is 41.4 Å². The molecule has 38 heavy (non-hydrogen) atoms. The van der Waals surface area contributed by atoms with Crippen LogP contribution in [0.3, 0.4) is 0 Å². The number of nitrogens with two attached hydrogens (primary N) is 2. The number of hydrogen-bond acceptors (Lipinski definition) is 8. The zero-order valence-corrected chi connectivity index (χ0v) is 22.8. The van der Waals surface area contributed by atoms with E-state index in [-0.39, 0.29) is 25.0 Å². The molecule has 0 aliphatic heterocycles. The van der Waals surface area contributed by atoms with Gasteiger partial charge in [0.05, 0.1) is 6.04 Å². The van der Waals surface area contributed by atoms with Crippen molar-refractivity contribution in [2.45, 2.75) is 70.1 Å². The number of carbonyl (C=O) groups is 5. The van der Waals surface area contributed by atoms with Crippen LogP contribution in [0.2, 0.25) is 0 Å². The highest BCUT2D eigenvalue weighted by Gasteiger charge is 2.33. The van der Waals surface area contributed by atoms with Crippen LogP contribution < -0.4 is 27.4 Å². The fourth-order valence-corrected chi connectivity index (χ4v) is 3.98. The summed E-state index contributed by atoms with van der Waals surface area (Å²) in [4.78, 5) is 61.8. The van der Waals surface area contributed by atoms with Gasteiger partial charge in [-0.05, 0) is 48.5 Å². The third-order valence-electron chi connectivity index (χ3n) is 6.07. The van der Waals surface area contributed by atoms with E-state index in [0.717, 1.165) is 0 Å². The number of benzene rings is 1. The number of primary amides is 1. The Hall–Kier alpha value is -3.32. The summed E-state index contributed by atoms with van der Waals surface area (Å²) in [5, 5.41) is 26.7. The zero-order chi connectivity index (χ0) is 28.8. The maximum absolute atomic E-state index is 13.4. The molecule has 4 amide bonds. The zero-order valence-electron chi connectivity index (χ0n) is 21.9. The van der Waals surface area contributed by atoms with Crippen molar-refractivity contribution in [3.8, 4) is 5.75 Å². The van der Waals surface area contributed by atoms with E-state index in [0.29, 0.717) is 24.2 Å². The Balaban J connectivity index is 3.13. The van der Waals surface area contributed by atoms with Crippen LogP contribution in [-0.2, 0) is 30.4 Å². The number of nitrogens with one attached hydrogen (secondary N) is 3. The summed E-state index contributed by atoms with van der Waals surface area (Å²) in [5.41, 5.74) is 11.7. The van der Waals surface area contributed by atoms with Crippen molar-refractivity contribution < 1.29 is 34.2 Å². The van der Waals surface area contributed by atoms with Crippen LogP contribution in [0.15, 0.2) is 24.3 Å². The molecule has 212 valence electrons. The molecule has 1 aromatic carbocycles. The second-order valence-corrected chi connectivity index (χ2v) is 10.1. The molecule has 0 spiro atoms. The monoisotopic (exact) mass is 553 g/mol. The molecule has 13 heteroatoms.